The van der Waals surface area contributed by atoms with Crippen LogP contribution in [0.25, 0.3) is 0 Å². The molecular formula is C12H20N2O2S. The third-order valence-electron chi connectivity index (χ3n) is 4.32. The van der Waals surface area contributed by atoms with Crippen molar-refractivity contribution in [2.75, 3.05) is 6.54 Å². The molecule has 0 saturated heterocycles. The first-order chi connectivity index (χ1) is 8.06. The van der Waals surface area contributed by atoms with Gasteiger partial charge in [-0.3, -0.25) is 0 Å². The Labute approximate surface area is 103 Å². The summed E-state index contributed by atoms with van der Waals surface area (Å²) < 4.78 is 26.3. The molecule has 2 aliphatic carbocycles. The normalized spacial score (nSPS) is 33.5. The van der Waals surface area contributed by atoms with Crippen LogP contribution in [0.15, 0.2) is 0 Å². The van der Waals surface area contributed by atoms with Gasteiger partial charge >= 0.3 is 0 Å². The lowest BCUT2D eigenvalue weighted by atomic mass is 9.89. The average Bonchev–Trinajstić information content (AvgIpc) is 2.89. The van der Waals surface area contributed by atoms with Gasteiger partial charge in [-0.05, 0) is 43.4 Å². The minimum absolute atomic E-state index is 0.350. The Balaban J connectivity index is 1.88. The summed E-state index contributed by atoms with van der Waals surface area (Å²) in [6.45, 7) is 2.26. The van der Waals surface area contributed by atoms with Gasteiger partial charge in [0.15, 0.2) is 5.25 Å². The van der Waals surface area contributed by atoms with E-state index in [9.17, 15) is 8.42 Å². The fraction of sp³-hybridized carbons (Fsp3) is 0.917. The molecule has 2 aliphatic rings. The Morgan fingerprint density at radius 2 is 2.18 bits per heavy atom. The standard InChI is InChI=1S/C12H20N2O2S/c1-2-12(7-13)17(15,16)14-8-11-6-9-3-4-10(11)5-9/h9-12,14H,2-6,8H2,1H3. The number of sulfonamides is 1. The highest BCUT2D eigenvalue weighted by Crippen LogP contribution is 2.47. The number of nitrogens with one attached hydrogen (secondary N) is 1. The van der Waals surface area contributed by atoms with Gasteiger partial charge < -0.3 is 0 Å². The molecule has 17 heavy (non-hydrogen) atoms. The summed E-state index contributed by atoms with van der Waals surface area (Å²) in [4.78, 5) is 0. The molecule has 2 rings (SSSR count). The molecule has 5 heteroatoms. The van der Waals surface area contributed by atoms with Crippen LogP contribution in [-0.2, 0) is 10.0 Å². The summed E-state index contributed by atoms with van der Waals surface area (Å²) in [5.41, 5.74) is 0. The molecular weight excluding hydrogens is 236 g/mol. The fourth-order valence-electron chi connectivity index (χ4n) is 3.33. The highest BCUT2D eigenvalue weighted by molar-refractivity contribution is 7.90. The van der Waals surface area contributed by atoms with Crippen molar-refractivity contribution < 1.29 is 8.42 Å². The molecule has 0 aromatic rings. The van der Waals surface area contributed by atoms with Gasteiger partial charge in [0.2, 0.25) is 10.0 Å². The number of hydrogen-bond donors (Lipinski definition) is 1. The molecule has 4 unspecified atom stereocenters. The van der Waals surface area contributed by atoms with E-state index in [4.69, 9.17) is 5.26 Å². The van der Waals surface area contributed by atoms with Crippen LogP contribution in [0.5, 0.6) is 0 Å². The van der Waals surface area contributed by atoms with E-state index in [1.807, 2.05) is 6.07 Å². The van der Waals surface area contributed by atoms with Crippen molar-refractivity contribution in [3.05, 3.63) is 0 Å². The maximum atomic E-state index is 11.8. The molecule has 4 atom stereocenters. The lowest BCUT2D eigenvalue weighted by Crippen LogP contribution is -2.37. The van der Waals surface area contributed by atoms with E-state index in [2.05, 4.69) is 4.72 Å². The third kappa shape index (κ3) is 2.63. The SMILES string of the molecule is CCC(C#N)S(=O)(=O)NCC1CC2CCC1C2. The lowest BCUT2D eigenvalue weighted by Gasteiger charge is -2.22. The first-order valence-corrected chi connectivity index (χ1v) is 7.99. The topological polar surface area (TPSA) is 70.0 Å². The van der Waals surface area contributed by atoms with Crippen molar-refractivity contribution in [3.63, 3.8) is 0 Å². The Kier molecular flexibility index (Phi) is 3.74. The minimum Gasteiger partial charge on any atom is -0.214 e. The van der Waals surface area contributed by atoms with Crippen LogP contribution in [0.4, 0.5) is 0 Å². The van der Waals surface area contributed by atoms with Gasteiger partial charge in [0.05, 0.1) is 6.07 Å². The maximum Gasteiger partial charge on any atom is 0.227 e. The largest absolute Gasteiger partial charge is 0.227 e. The van der Waals surface area contributed by atoms with Crippen molar-refractivity contribution in [3.8, 4) is 6.07 Å². The van der Waals surface area contributed by atoms with E-state index in [1.54, 1.807) is 6.92 Å². The van der Waals surface area contributed by atoms with Crippen molar-refractivity contribution in [2.24, 2.45) is 17.8 Å². The number of rotatable bonds is 5. The first-order valence-electron chi connectivity index (χ1n) is 6.45. The predicted octanol–water partition coefficient (Wildman–Crippen LogP) is 1.64. The molecule has 0 aliphatic heterocycles. The quantitative estimate of drug-likeness (QED) is 0.813. The van der Waals surface area contributed by atoms with Gasteiger partial charge in [0.1, 0.15) is 0 Å². The zero-order chi connectivity index (χ0) is 12.5. The number of hydrogen-bond acceptors (Lipinski definition) is 3. The number of fused-ring (bicyclic) bond motifs is 2. The van der Waals surface area contributed by atoms with Gasteiger partial charge in [0, 0.05) is 6.54 Å². The van der Waals surface area contributed by atoms with Crippen LogP contribution in [0.3, 0.4) is 0 Å². The second-order valence-electron chi connectivity index (χ2n) is 5.35. The monoisotopic (exact) mass is 256 g/mol. The van der Waals surface area contributed by atoms with Crippen LogP contribution in [0.1, 0.15) is 39.0 Å². The van der Waals surface area contributed by atoms with Gasteiger partial charge in [-0.15, -0.1) is 0 Å². The van der Waals surface area contributed by atoms with Crippen molar-refractivity contribution in [2.45, 2.75) is 44.3 Å². The zero-order valence-corrected chi connectivity index (χ0v) is 11.0. The molecule has 4 nitrogen and oxygen atoms in total. The van der Waals surface area contributed by atoms with Crippen LogP contribution >= 0.6 is 0 Å². The van der Waals surface area contributed by atoms with Gasteiger partial charge in [-0.25, -0.2) is 13.1 Å². The summed E-state index contributed by atoms with van der Waals surface area (Å²) in [6, 6.07) is 1.85. The smallest absolute Gasteiger partial charge is 0.214 e. The maximum absolute atomic E-state index is 11.8. The highest BCUT2D eigenvalue weighted by Gasteiger charge is 2.39. The van der Waals surface area contributed by atoms with Crippen molar-refractivity contribution in [1.82, 2.24) is 4.72 Å². The van der Waals surface area contributed by atoms with Gasteiger partial charge in [-0.2, -0.15) is 5.26 Å². The van der Waals surface area contributed by atoms with Crippen LogP contribution in [0, 0.1) is 29.1 Å². The molecule has 2 bridgehead atoms. The van der Waals surface area contributed by atoms with Crippen molar-refractivity contribution >= 4 is 10.0 Å². The lowest BCUT2D eigenvalue weighted by molar-refractivity contribution is 0.332. The molecule has 2 fully saturated rings. The molecule has 0 aromatic heterocycles. The number of nitrogens with zero attached hydrogens (tertiary/aromatic N) is 1. The van der Waals surface area contributed by atoms with E-state index in [1.165, 1.54) is 19.3 Å². The summed E-state index contributed by atoms with van der Waals surface area (Å²) in [5, 5.41) is 7.89. The van der Waals surface area contributed by atoms with E-state index in [-0.39, 0.29) is 0 Å². The summed E-state index contributed by atoms with van der Waals surface area (Å²) in [6.07, 6.45) is 5.37. The Morgan fingerprint density at radius 3 is 2.65 bits per heavy atom. The van der Waals surface area contributed by atoms with E-state index in [0.717, 1.165) is 12.3 Å². The molecule has 0 spiro atoms. The van der Waals surface area contributed by atoms with Crippen molar-refractivity contribution in [1.29, 1.82) is 5.26 Å². The molecule has 2 saturated carbocycles. The molecule has 0 aromatic carbocycles. The summed E-state index contributed by atoms with van der Waals surface area (Å²) >= 11 is 0. The Morgan fingerprint density at radius 1 is 1.41 bits per heavy atom. The Bertz CT molecular complexity index is 413. The van der Waals surface area contributed by atoms with Crippen LogP contribution < -0.4 is 4.72 Å². The molecule has 0 heterocycles. The summed E-state index contributed by atoms with van der Waals surface area (Å²) in [5.74, 6) is 2.04. The highest BCUT2D eigenvalue weighted by atomic mass is 32.2. The van der Waals surface area contributed by atoms with Crippen LogP contribution in [0.2, 0.25) is 0 Å². The second kappa shape index (κ2) is 4.95. The molecule has 96 valence electrons. The third-order valence-corrected chi connectivity index (χ3v) is 6.08. The number of nitriles is 1. The van der Waals surface area contributed by atoms with Gasteiger partial charge in [0.25, 0.3) is 0 Å². The second-order valence-corrected chi connectivity index (χ2v) is 7.30. The van der Waals surface area contributed by atoms with E-state index >= 15 is 0 Å². The van der Waals surface area contributed by atoms with Gasteiger partial charge in [-0.1, -0.05) is 13.3 Å². The van der Waals surface area contributed by atoms with E-state index in [0.29, 0.717) is 24.8 Å². The fourth-order valence-corrected chi connectivity index (χ4v) is 4.56. The molecule has 0 amide bonds. The average molecular weight is 256 g/mol. The molecule has 1 N–H and O–H groups in total. The van der Waals surface area contributed by atoms with E-state index < -0.39 is 15.3 Å². The minimum atomic E-state index is -3.44. The zero-order valence-electron chi connectivity index (χ0n) is 10.2. The molecule has 0 radical (unpaired) electrons. The van der Waals surface area contributed by atoms with Crippen LogP contribution in [-0.4, -0.2) is 20.2 Å². The first kappa shape index (κ1) is 12.8. The Hall–Kier alpha value is -0.600. The summed E-state index contributed by atoms with van der Waals surface area (Å²) in [7, 11) is -3.44. The predicted molar refractivity (Wildman–Crippen MR) is 65.6 cm³/mol.